The number of likely N-dealkylation sites (N-methyl/N-ethyl adjacent to an activating group) is 1. The van der Waals surface area contributed by atoms with Crippen LogP contribution in [0, 0.1) is 12.7 Å². The number of carbonyl (C=O) groups is 1. The van der Waals surface area contributed by atoms with Gasteiger partial charge in [0, 0.05) is 30.8 Å². The smallest absolute Gasteiger partial charge is 0.306 e. The highest BCUT2D eigenvalue weighted by atomic mass is 19.3. The lowest BCUT2D eigenvalue weighted by Gasteiger charge is -2.33. The highest BCUT2D eigenvalue weighted by Gasteiger charge is 2.52. The van der Waals surface area contributed by atoms with Gasteiger partial charge >= 0.3 is 5.92 Å². The molecule has 37 heavy (non-hydrogen) atoms. The predicted molar refractivity (Wildman–Crippen MR) is 136 cm³/mol. The fourth-order valence-corrected chi connectivity index (χ4v) is 4.88. The Morgan fingerprint density at radius 2 is 1.92 bits per heavy atom. The van der Waals surface area contributed by atoms with Crippen LogP contribution in [0.3, 0.4) is 0 Å². The lowest BCUT2D eigenvalue weighted by molar-refractivity contribution is -0.201. The SMILES string of the molecule is COCC(C)(O)C(F)(F)c1cccc([C@@H](C)Nc2nc(C)nc3cc4c(cc23)N(C)C(=O)C4(C)C)c1F. The Bertz CT molecular complexity index is 1390. The van der Waals surface area contributed by atoms with Crippen LogP contribution in [0.1, 0.15) is 56.3 Å². The number of methoxy groups -OCH3 is 1. The number of ether oxygens (including phenoxy) is 1. The lowest BCUT2D eigenvalue weighted by Crippen LogP contribution is -2.47. The van der Waals surface area contributed by atoms with E-state index in [0.717, 1.165) is 24.2 Å². The van der Waals surface area contributed by atoms with Gasteiger partial charge in [-0.25, -0.2) is 14.4 Å². The van der Waals surface area contributed by atoms with Crippen molar-refractivity contribution in [1.82, 2.24) is 9.97 Å². The monoisotopic (exact) mass is 516 g/mol. The maximum absolute atomic E-state index is 15.5. The van der Waals surface area contributed by atoms with Crippen LogP contribution in [0.2, 0.25) is 0 Å². The van der Waals surface area contributed by atoms with E-state index in [4.69, 9.17) is 4.74 Å². The first kappa shape index (κ1) is 26.8. The van der Waals surface area contributed by atoms with Crippen molar-refractivity contribution in [2.45, 2.75) is 57.6 Å². The van der Waals surface area contributed by atoms with Gasteiger partial charge in [-0.2, -0.15) is 8.78 Å². The maximum atomic E-state index is 15.5. The number of aromatic nitrogens is 2. The molecule has 2 heterocycles. The summed E-state index contributed by atoms with van der Waals surface area (Å²) >= 11 is 0. The van der Waals surface area contributed by atoms with Crippen LogP contribution < -0.4 is 10.2 Å². The van der Waals surface area contributed by atoms with E-state index in [-0.39, 0.29) is 11.5 Å². The highest BCUT2D eigenvalue weighted by molar-refractivity contribution is 6.10. The van der Waals surface area contributed by atoms with Gasteiger partial charge in [0.05, 0.1) is 29.1 Å². The van der Waals surface area contributed by atoms with Gasteiger partial charge in [-0.15, -0.1) is 0 Å². The van der Waals surface area contributed by atoms with Crippen LogP contribution >= 0.6 is 0 Å². The van der Waals surface area contributed by atoms with Gasteiger partial charge in [0.2, 0.25) is 5.91 Å². The Hall–Kier alpha value is -3.24. The number of aryl methyl sites for hydroxylation is 1. The molecule has 0 radical (unpaired) electrons. The molecule has 1 aliphatic heterocycles. The first-order valence-corrected chi connectivity index (χ1v) is 11.9. The van der Waals surface area contributed by atoms with E-state index in [2.05, 4.69) is 15.3 Å². The van der Waals surface area contributed by atoms with Crippen molar-refractivity contribution < 1.29 is 27.8 Å². The number of hydrogen-bond acceptors (Lipinski definition) is 6. The van der Waals surface area contributed by atoms with Gasteiger partial charge in [0.15, 0.2) is 5.60 Å². The van der Waals surface area contributed by atoms with Crippen LogP contribution in [0.5, 0.6) is 0 Å². The highest BCUT2D eigenvalue weighted by Crippen LogP contribution is 2.44. The summed E-state index contributed by atoms with van der Waals surface area (Å²) in [6, 6.07) is 6.58. The van der Waals surface area contributed by atoms with Crippen molar-refractivity contribution in [2.75, 3.05) is 31.0 Å². The number of aliphatic hydroxyl groups is 1. The Balaban J connectivity index is 1.76. The van der Waals surface area contributed by atoms with Crippen LogP contribution in [0.4, 0.5) is 24.7 Å². The molecule has 0 saturated heterocycles. The second-order valence-electron chi connectivity index (χ2n) is 10.4. The van der Waals surface area contributed by atoms with E-state index < -0.39 is 41.0 Å². The van der Waals surface area contributed by atoms with Crippen LogP contribution in [0.15, 0.2) is 30.3 Å². The van der Waals surface area contributed by atoms with Gasteiger partial charge < -0.3 is 20.1 Å². The number of halogens is 3. The first-order chi connectivity index (χ1) is 17.1. The summed E-state index contributed by atoms with van der Waals surface area (Å²) in [5.74, 6) is -4.26. The number of fused-ring (bicyclic) bond motifs is 2. The second-order valence-corrected chi connectivity index (χ2v) is 10.4. The molecule has 0 spiro atoms. The molecule has 198 valence electrons. The summed E-state index contributed by atoms with van der Waals surface area (Å²) in [5.41, 5.74) is -2.11. The number of nitrogens with zero attached hydrogens (tertiary/aromatic N) is 3. The van der Waals surface area contributed by atoms with E-state index in [1.807, 2.05) is 26.0 Å². The zero-order chi connectivity index (χ0) is 27.5. The Morgan fingerprint density at radius 1 is 1.24 bits per heavy atom. The van der Waals surface area contributed by atoms with E-state index in [9.17, 15) is 9.90 Å². The summed E-state index contributed by atoms with van der Waals surface area (Å²) in [6.07, 6.45) is 0. The standard InChI is InChI=1S/C27H31F3N4O3/c1-14(16-9-8-10-18(22(16)28)27(29,30)26(5,36)13-37-7)31-23-17-11-21-19(12-20(17)32-15(2)33-23)25(3,4)24(35)34(21)6/h8-12,14,36H,13H2,1-7H3,(H,31,32,33)/t14-,26?/m1/s1. The van der Waals surface area contributed by atoms with Gasteiger partial charge in [-0.1, -0.05) is 12.1 Å². The summed E-state index contributed by atoms with van der Waals surface area (Å²) < 4.78 is 50.5. The molecule has 4 rings (SSSR count). The fraction of sp³-hybridized carbons (Fsp3) is 0.444. The zero-order valence-corrected chi connectivity index (χ0v) is 21.9. The largest absolute Gasteiger partial charge is 0.381 e. The molecule has 3 aromatic rings. The number of anilines is 2. The van der Waals surface area contributed by atoms with Crippen molar-refractivity contribution in [2.24, 2.45) is 0 Å². The number of nitrogens with one attached hydrogen (secondary N) is 1. The quantitative estimate of drug-likeness (QED) is 0.460. The van der Waals surface area contributed by atoms with Crippen molar-refractivity contribution >= 4 is 28.3 Å². The molecule has 2 aromatic carbocycles. The summed E-state index contributed by atoms with van der Waals surface area (Å²) in [5, 5.41) is 14.0. The molecule has 0 aliphatic carbocycles. The van der Waals surface area contributed by atoms with Gasteiger partial charge in [-0.3, -0.25) is 4.79 Å². The molecular formula is C27H31F3N4O3. The van der Waals surface area contributed by atoms with Gasteiger partial charge in [-0.05, 0) is 58.4 Å². The molecule has 0 fully saturated rings. The van der Waals surface area contributed by atoms with Crippen molar-refractivity contribution in [3.63, 3.8) is 0 Å². The van der Waals surface area contributed by atoms with Crippen LogP contribution in [-0.2, 0) is 20.9 Å². The zero-order valence-electron chi connectivity index (χ0n) is 21.9. The van der Waals surface area contributed by atoms with Crippen molar-refractivity contribution in [3.8, 4) is 0 Å². The lowest BCUT2D eigenvalue weighted by atomic mass is 9.85. The predicted octanol–water partition coefficient (Wildman–Crippen LogP) is 4.99. The van der Waals surface area contributed by atoms with Gasteiger partial charge in [0.25, 0.3) is 0 Å². The number of amides is 1. The third-order valence-electron chi connectivity index (χ3n) is 7.09. The third-order valence-corrected chi connectivity index (χ3v) is 7.09. The molecule has 0 bridgehead atoms. The summed E-state index contributed by atoms with van der Waals surface area (Å²) in [4.78, 5) is 23.4. The summed E-state index contributed by atoms with van der Waals surface area (Å²) in [7, 11) is 2.88. The molecule has 1 aliphatic rings. The molecule has 0 saturated carbocycles. The molecule has 1 unspecified atom stereocenters. The Morgan fingerprint density at radius 3 is 2.57 bits per heavy atom. The van der Waals surface area contributed by atoms with Crippen molar-refractivity contribution in [3.05, 3.63) is 58.7 Å². The third kappa shape index (κ3) is 4.21. The minimum Gasteiger partial charge on any atom is -0.381 e. The maximum Gasteiger partial charge on any atom is 0.306 e. The van der Waals surface area contributed by atoms with Crippen LogP contribution in [-0.4, -0.2) is 47.3 Å². The number of carbonyl (C=O) groups excluding carboxylic acids is 1. The first-order valence-electron chi connectivity index (χ1n) is 11.9. The number of alkyl halides is 2. The normalized spacial score (nSPS) is 17.6. The molecule has 2 atom stereocenters. The van der Waals surface area contributed by atoms with E-state index >= 15 is 13.2 Å². The molecule has 1 aromatic heterocycles. The minimum absolute atomic E-state index is 0.0237. The molecular weight excluding hydrogens is 485 g/mol. The molecule has 10 heteroatoms. The Kier molecular flexibility index (Phi) is 6.49. The molecule has 7 nitrogen and oxygen atoms in total. The summed E-state index contributed by atoms with van der Waals surface area (Å²) in [6.45, 7) is 7.28. The number of rotatable bonds is 7. The van der Waals surface area contributed by atoms with Crippen LogP contribution in [0.25, 0.3) is 10.9 Å². The topological polar surface area (TPSA) is 87.6 Å². The fourth-order valence-electron chi connectivity index (χ4n) is 4.88. The van der Waals surface area contributed by atoms with E-state index in [1.165, 1.54) is 19.2 Å². The number of benzene rings is 2. The second kappa shape index (κ2) is 8.95. The van der Waals surface area contributed by atoms with E-state index in [1.54, 1.807) is 25.8 Å². The minimum atomic E-state index is -3.91. The molecule has 2 N–H and O–H groups in total. The molecule has 1 amide bonds. The average Bonchev–Trinajstić information content (AvgIpc) is 2.97. The number of hydrogen-bond donors (Lipinski definition) is 2. The average molecular weight is 517 g/mol. The van der Waals surface area contributed by atoms with Crippen molar-refractivity contribution in [1.29, 1.82) is 0 Å². The van der Waals surface area contributed by atoms with E-state index in [0.29, 0.717) is 22.5 Å². The Labute approximate surface area is 213 Å². The van der Waals surface area contributed by atoms with Gasteiger partial charge in [0.1, 0.15) is 17.5 Å².